The monoisotopic (exact) mass is 357 g/mol. The molecule has 1 saturated heterocycles. The summed E-state index contributed by atoms with van der Waals surface area (Å²) in [4.78, 5) is 16.9. The van der Waals surface area contributed by atoms with E-state index in [0.717, 1.165) is 44.0 Å². The largest absolute Gasteiger partial charge is 0.369 e. The Hall–Kier alpha value is -2.04. The van der Waals surface area contributed by atoms with Crippen molar-refractivity contribution in [2.75, 3.05) is 42.9 Å². The fourth-order valence-corrected chi connectivity index (χ4v) is 3.20. The van der Waals surface area contributed by atoms with Crippen molar-refractivity contribution in [1.82, 2.24) is 4.90 Å². The van der Waals surface area contributed by atoms with E-state index < -0.39 is 0 Å². The Labute approximate surface area is 154 Å². The summed E-state index contributed by atoms with van der Waals surface area (Å²) >= 11 is 6.10. The number of anilines is 2. The Morgan fingerprint density at radius 2 is 1.80 bits per heavy atom. The maximum atomic E-state index is 12.1. The van der Waals surface area contributed by atoms with Crippen LogP contribution in [0.4, 0.5) is 11.4 Å². The molecule has 1 heterocycles. The van der Waals surface area contributed by atoms with Gasteiger partial charge in [-0.15, -0.1) is 0 Å². The lowest BCUT2D eigenvalue weighted by molar-refractivity contribution is -0.116. The number of halogens is 1. The molecule has 0 saturated carbocycles. The first-order chi connectivity index (χ1) is 12.1. The van der Waals surface area contributed by atoms with Gasteiger partial charge in [0.1, 0.15) is 0 Å². The van der Waals surface area contributed by atoms with Crippen molar-refractivity contribution < 1.29 is 4.79 Å². The number of piperazine rings is 1. The van der Waals surface area contributed by atoms with Gasteiger partial charge in [-0.2, -0.15) is 0 Å². The van der Waals surface area contributed by atoms with Crippen LogP contribution in [0.15, 0.2) is 48.5 Å². The molecule has 5 heteroatoms. The Morgan fingerprint density at radius 1 is 1.08 bits per heavy atom. The molecular weight excluding hydrogens is 334 g/mol. The smallest absolute Gasteiger partial charge is 0.225 e. The SMILES string of the molecule is Cc1ccc(NC(=O)CCN2CCN(c3ccccc3)CC2)cc1Cl. The van der Waals surface area contributed by atoms with Crippen molar-refractivity contribution in [1.29, 1.82) is 0 Å². The lowest BCUT2D eigenvalue weighted by atomic mass is 10.2. The zero-order valence-electron chi connectivity index (χ0n) is 14.5. The number of aryl methyl sites for hydroxylation is 1. The third kappa shape index (κ3) is 4.97. The van der Waals surface area contributed by atoms with Crippen molar-refractivity contribution in [3.8, 4) is 0 Å². The topological polar surface area (TPSA) is 35.6 Å². The molecule has 2 aromatic rings. The summed E-state index contributed by atoms with van der Waals surface area (Å²) < 4.78 is 0. The molecule has 0 radical (unpaired) electrons. The van der Waals surface area contributed by atoms with Crippen LogP contribution < -0.4 is 10.2 Å². The first-order valence-electron chi connectivity index (χ1n) is 8.70. The number of nitrogens with one attached hydrogen (secondary N) is 1. The molecule has 4 nitrogen and oxygen atoms in total. The van der Waals surface area contributed by atoms with Crippen molar-refractivity contribution in [2.24, 2.45) is 0 Å². The Balaban J connectivity index is 1.42. The van der Waals surface area contributed by atoms with Crippen molar-refractivity contribution in [3.63, 3.8) is 0 Å². The minimum Gasteiger partial charge on any atom is -0.369 e. The van der Waals surface area contributed by atoms with Crippen LogP contribution in [0.5, 0.6) is 0 Å². The molecule has 0 aliphatic carbocycles. The standard InChI is InChI=1S/C20H24ClN3O/c1-16-7-8-17(15-19(16)21)22-20(25)9-10-23-11-13-24(14-12-23)18-5-3-2-4-6-18/h2-8,15H,9-14H2,1H3,(H,22,25). The summed E-state index contributed by atoms with van der Waals surface area (Å²) in [5.74, 6) is 0.0328. The van der Waals surface area contributed by atoms with E-state index in [1.54, 1.807) is 6.07 Å². The number of amides is 1. The Bertz CT molecular complexity index is 712. The molecule has 0 spiro atoms. The van der Waals surface area contributed by atoms with E-state index in [9.17, 15) is 4.79 Å². The number of carbonyl (C=O) groups is 1. The average molecular weight is 358 g/mol. The molecule has 3 rings (SSSR count). The van der Waals surface area contributed by atoms with Gasteiger partial charge in [-0.05, 0) is 36.8 Å². The van der Waals surface area contributed by atoms with Crippen molar-refractivity contribution >= 4 is 28.9 Å². The fraction of sp³-hybridized carbons (Fsp3) is 0.350. The second-order valence-electron chi connectivity index (χ2n) is 6.43. The molecule has 0 unspecified atom stereocenters. The molecule has 0 aromatic heterocycles. The van der Waals surface area contributed by atoms with E-state index in [4.69, 9.17) is 11.6 Å². The zero-order chi connectivity index (χ0) is 17.6. The molecule has 1 fully saturated rings. The van der Waals surface area contributed by atoms with Crippen molar-refractivity contribution in [2.45, 2.75) is 13.3 Å². The molecule has 0 bridgehead atoms. The molecule has 1 amide bonds. The lowest BCUT2D eigenvalue weighted by Gasteiger charge is -2.36. The predicted octanol–water partition coefficient (Wildman–Crippen LogP) is 3.80. The van der Waals surface area contributed by atoms with Gasteiger partial charge in [0, 0.05) is 55.5 Å². The van der Waals surface area contributed by atoms with Gasteiger partial charge in [0.15, 0.2) is 0 Å². The number of hydrogen-bond donors (Lipinski definition) is 1. The summed E-state index contributed by atoms with van der Waals surface area (Å²) in [6.45, 7) is 6.70. The van der Waals surface area contributed by atoms with E-state index in [2.05, 4.69) is 39.4 Å². The minimum atomic E-state index is 0.0328. The predicted molar refractivity (Wildman–Crippen MR) is 105 cm³/mol. The van der Waals surface area contributed by atoms with Gasteiger partial charge in [-0.3, -0.25) is 9.69 Å². The van der Waals surface area contributed by atoms with Crippen LogP contribution >= 0.6 is 11.6 Å². The first kappa shape index (κ1) is 17.8. The lowest BCUT2D eigenvalue weighted by Crippen LogP contribution is -2.47. The maximum absolute atomic E-state index is 12.1. The number of hydrogen-bond acceptors (Lipinski definition) is 3. The van der Waals surface area contributed by atoms with Crippen molar-refractivity contribution in [3.05, 3.63) is 59.1 Å². The van der Waals surface area contributed by atoms with Gasteiger partial charge in [0.05, 0.1) is 0 Å². The molecule has 25 heavy (non-hydrogen) atoms. The highest BCUT2D eigenvalue weighted by Gasteiger charge is 2.17. The molecule has 1 aliphatic heterocycles. The summed E-state index contributed by atoms with van der Waals surface area (Å²) in [6.07, 6.45) is 0.497. The minimum absolute atomic E-state index is 0.0328. The number of rotatable bonds is 5. The van der Waals surface area contributed by atoms with E-state index in [1.807, 2.05) is 25.1 Å². The van der Waals surface area contributed by atoms with E-state index in [0.29, 0.717) is 11.4 Å². The zero-order valence-corrected chi connectivity index (χ0v) is 15.3. The number of benzene rings is 2. The molecule has 2 aromatic carbocycles. The summed E-state index contributed by atoms with van der Waals surface area (Å²) in [5, 5.41) is 3.60. The third-order valence-corrected chi connectivity index (χ3v) is 5.01. The van der Waals surface area contributed by atoms with E-state index in [1.165, 1.54) is 5.69 Å². The van der Waals surface area contributed by atoms with Crippen LogP contribution in [0.25, 0.3) is 0 Å². The van der Waals surface area contributed by atoms with Crippen LogP contribution in [-0.4, -0.2) is 43.5 Å². The Kier molecular flexibility index (Phi) is 5.95. The highest BCUT2D eigenvalue weighted by Crippen LogP contribution is 2.20. The van der Waals surface area contributed by atoms with Crippen LogP contribution in [0.1, 0.15) is 12.0 Å². The summed E-state index contributed by atoms with van der Waals surface area (Å²) in [5.41, 5.74) is 3.04. The summed E-state index contributed by atoms with van der Waals surface area (Å²) in [6, 6.07) is 16.1. The first-order valence-corrected chi connectivity index (χ1v) is 9.08. The third-order valence-electron chi connectivity index (χ3n) is 4.60. The quantitative estimate of drug-likeness (QED) is 0.884. The molecular formula is C20H24ClN3O. The van der Waals surface area contributed by atoms with E-state index in [-0.39, 0.29) is 5.91 Å². The van der Waals surface area contributed by atoms with Crippen LogP contribution in [0.3, 0.4) is 0 Å². The fourth-order valence-electron chi connectivity index (χ4n) is 3.02. The average Bonchev–Trinajstić information content (AvgIpc) is 2.64. The van der Waals surface area contributed by atoms with Gasteiger partial charge >= 0.3 is 0 Å². The Morgan fingerprint density at radius 3 is 2.48 bits per heavy atom. The molecule has 1 aliphatic rings. The van der Waals surface area contributed by atoms with Crippen LogP contribution in [0.2, 0.25) is 5.02 Å². The number of carbonyl (C=O) groups excluding carboxylic acids is 1. The van der Waals surface area contributed by atoms with Crippen LogP contribution in [0, 0.1) is 6.92 Å². The van der Waals surface area contributed by atoms with E-state index >= 15 is 0 Å². The number of para-hydroxylation sites is 1. The van der Waals surface area contributed by atoms with Crippen LogP contribution in [-0.2, 0) is 4.79 Å². The van der Waals surface area contributed by atoms with Gasteiger partial charge in [0.25, 0.3) is 0 Å². The van der Waals surface area contributed by atoms with Gasteiger partial charge in [0.2, 0.25) is 5.91 Å². The highest BCUT2D eigenvalue weighted by molar-refractivity contribution is 6.31. The normalized spacial score (nSPS) is 15.2. The maximum Gasteiger partial charge on any atom is 0.225 e. The van der Waals surface area contributed by atoms with Gasteiger partial charge in [-0.1, -0.05) is 35.9 Å². The summed E-state index contributed by atoms with van der Waals surface area (Å²) in [7, 11) is 0. The van der Waals surface area contributed by atoms with Gasteiger partial charge in [-0.25, -0.2) is 0 Å². The molecule has 0 atom stereocenters. The molecule has 1 N–H and O–H groups in total. The molecule has 132 valence electrons. The van der Waals surface area contributed by atoms with Gasteiger partial charge < -0.3 is 10.2 Å². The second kappa shape index (κ2) is 8.37. The highest BCUT2D eigenvalue weighted by atomic mass is 35.5. The number of nitrogens with zero attached hydrogens (tertiary/aromatic N) is 2. The second-order valence-corrected chi connectivity index (χ2v) is 6.83.